The molecule has 0 bridgehead atoms. The molecule has 0 saturated heterocycles. The third kappa shape index (κ3) is 3.49. The Bertz CT molecular complexity index is 669. The standard InChI is InChI=1S/C16H14Cl2O3/c1-20-15-8-11(13(18)9-16(15)21-2)14(19)7-10-5-3-4-6-12(10)17/h3-6,8-9H,7H2,1-2H3. The number of halogens is 2. The van der Waals surface area contributed by atoms with Gasteiger partial charge in [-0.25, -0.2) is 0 Å². The zero-order chi connectivity index (χ0) is 15.4. The highest BCUT2D eigenvalue weighted by Crippen LogP contribution is 2.33. The number of hydrogen-bond acceptors (Lipinski definition) is 3. The fraction of sp³-hybridized carbons (Fsp3) is 0.188. The normalized spacial score (nSPS) is 10.3. The highest BCUT2D eigenvalue weighted by Gasteiger charge is 2.17. The Balaban J connectivity index is 2.33. The van der Waals surface area contributed by atoms with Crippen LogP contribution >= 0.6 is 23.2 Å². The van der Waals surface area contributed by atoms with Crippen LogP contribution in [0, 0.1) is 0 Å². The third-order valence-electron chi connectivity index (χ3n) is 3.08. The topological polar surface area (TPSA) is 35.5 Å². The van der Waals surface area contributed by atoms with E-state index in [2.05, 4.69) is 0 Å². The summed E-state index contributed by atoms with van der Waals surface area (Å²) in [6.45, 7) is 0. The number of rotatable bonds is 5. The van der Waals surface area contributed by atoms with E-state index in [1.54, 1.807) is 18.2 Å². The highest BCUT2D eigenvalue weighted by molar-refractivity contribution is 6.34. The van der Waals surface area contributed by atoms with Crippen LogP contribution in [0.3, 0.4) is 0 Å². The Hall–Kier alpha value is -1.71. The molecule has 0 heterocycles. The van der Waals surface area contributed by atoms with Gasteiger partial charge in [-0.3, -0.25) is 4.79 Å². The van der Waals surface area contributed by atoms with Crippen molar-refractivity contribution in [2.75, 3.05) is 14.2 Å². The van der Waals surface area contributed by atoms with Crippen molar-refractivity contribution >= 4 is 29.0 Å². The lowest BCUT2D eigenvalue weighted by atomic mass is 10.0. The minimum absolute atomic E-state index is 0.131. The van der Waals surface area contributed by atoms with Gasteiger partial charge in [-0.2, -0.15) is 0 Å². The van der Waals surface area contributed by atoms with E-state index >= 15 is 0 Å². The van der Waals surface area contributed by atoms with Crippen LogP contribution in [-0.4, -0.2) is 20.0 Å². The molecule has 0 spiro atoms. The van der Waals surface area contributed by atoms with Crippen LogP contribution in [0.2, 0.25) is 10.0 Å². The van der Waals surface area contributed by atoms with E-state index in [9.17, 15) is 4.79 Å². The molecule has 21 heavy (non-hydrogen) atoms. The SMILES string of the molecule is COc1cc(Cl)c(C(=O)Cc2ccccc2Cl)cc1OC. The molecule has 0 fully saturated rings. The number of benzene rings is 2. The molecule has 2 rings (SSSR count). The number of Topliss-reactive ketones (excluding diaryl/α,β-unsaturated/α-hetero) is 1. The molecular formula is C16H14Cl2O3. The second-order valence-corrected chi connectivity index (χ2v) is 5.19. The van der Waals surface area contributed by atoms with Crippen LogP contribution < -0.4 is 9.47 Å². The Morgan fingerprint density at radius 3 is 2.24 bits per heavy atom. The fourth-order valence-electron chi connectivity index (χ4n) is 1.98. The van der Waals surface area contributed by atoms with E-state index in [1.165, 1.54) is 14.2 Å². The van der Waals surface area contributed by atoms with Crippen molar-refractivity contribution in [1.29, 1.82) is 0 Å². The van der Waals surface area contributed by atoms with E-state index in [0.717, 1.165) is 5.56 Å². The second-order valence-electron chi connectivity index (χ2n) is 4.38. The lowest BCUT2D eigenvalue weighted by Gasteiger charge is -2.11. The number of ketones is 1. The average molecular weight is 325 g/mol. The first-order valence-electron chi connectivity index (χ1n) is 6.25. The minimum atomic E-state index is -0.131. The predicted molar refractivity (Wildman–Crippen MR) is 84.0 cm³/mol. The van der Waals surface area contributed by atoms with Crippen molar-refractivity contribution in [3.8, 4) is 11.5 Å². The molecule has 0 amide bonds. The largest absolute Gasteiger partial charge is 0.493 e. The second kappa shape index (κ2) is 6.83. The molecule has 3 nitrogen and oxygen atoms in total. The van der Waals surface area contributed by atoms with Crippen LogP contribution in [0.4, 0.5) is 0 Å². The Morgan fingerprint density at radius 2 is 1.62 bits per heavy atom. The van der Waals surface area contributed by atoms with Gasteiger partial charge < -0.3 is 9.47 Å². The van der Waals surface area contributed by atoms with Crippen molar-refractivity contribution in [2.24, 2.45) is 0 Å². The van der Waals surface area contributed by atoms with Gasteiger partial charge in [-0.15, -0.1) is 0 Å². The van der Waals surface area contributed by atoms with Crippen LogP contribution in [0.1, 0.15) is 15.9 Å². The van der Waals surface area contributed by atoms with Gasteiger partial charge in [0.05, 0.1) is 19.2 Å². The summed E-state index contributed by atoms with van der Waals surface area (Å²) in [6, 6.07) is 10.4. The summed E-state index contributed by atoms with van der Waals surface area (Å²) in [5.41, 5.74) is 1.14. The van der Waals surface area contributed by atoms with E-state index in [0.29, 0.717) is 27.1 Å². The minimum Gasteiger partial charge on any atom is -0.493 e. The van der Waals surface area contributed by atoms with E-state index in [1.807, 2.05) is 18.2 Å². The molecule has 5 heteroatoms. The summed E-state index contributed by atoms with van der Waals surface area (Å²) >= 11 is 12.2. The van der Waals surface area contributed by atoms with Gasteiger partial charge in [0, 0.05) is 23.1 Å². The average Bonchev–Trinajstić information content (AvgIpc) is 2.49. The van der Waals surface area contributed by atoms with Gasteiger partial charge >= 0.3 is 0 Å². The Labute approximate surface area is 133 Å². The van der Waals surface area contributed by atoms with Crippen LogP contribution in [-0.2, 0) is 6.42 Å². The first kappa shape index (κ1) is 15.7. The molecule has 0 atom stereocenters. The molecule has 0 aliphatic rings. The maximum atomic E-state index is 12.4. The molecule has 0 aliphatic heterocycles. The van der Waals surface area contributed by atoms with E-state index < -0.39 is 0 Å². The molecule has 110 valence electrons. The van der Waals surface area contributed by atoms with Crippen LogP contribution in [0.5, 0.6) is 11.5 Å². The first-order valence-corrected chi connectivity index (χ1v) is 7.00. The first-order chi connectivity index (χ1) is 10.1. The smallest absolute Gasteiger partial charge is 0.168 e. The third-order valence-corrected chi connectivity index (χ3v) is 3.76. The summed E-state index contributed by atoms with van der Waals surface area (Å²) in [4.78, 5) is 12.4. The summed E-state index contributed by atoms with van der Waals surface area (Å²) in [6.07, 6.45) is 0.175. The lowest BCUT2D eigenvalue weighted by Crippen LogP contribution is -2.06. The number of carbonyl (C=O) groups excluding carboxylic acids is 1. The van der Waals surface area contributed by atoms with Gasteiger partial charge in [0.2, 0.25) is 0 Å². The quantitative estimate of drug-likeness (QED) is 0.763. The fourth-order valence-corrected chi connectivity index (χ4v) is 2.44. The van der Waals surface area contributed by atoms with Crippen molar-refractivity contribution in [3.63, 3.8) is 0 Å². The molecule has 2 aromatic carbocycles. The summed E-state index contributed by atoms with van der Waals surface area (Å²) in [5, 5.41) is 0.882. The molecular weight excluding hydrogens is 311 g/mol. The van der Waals surface area contributed by atoms with Crippen molar-refractivity contribution in [1.82, 2.24) is 0 Å². The highest BCUT2D eigenvalue weighted by atomic mass is 35.5. The number of ether oxygens (including phenoxy) is 2. The van der Waals surface area contributed by atoms with Gasteiger partial charge in [-0.1, -0.05) is 41.4 Å². The molecule has 0 aliphatic carbocycles. The van der Waals surface area contributed by atoms with E-state index in [4.69, 9.17) is 32.7 Å². The molecule has 0 aromatic heterocycles. The zero-order valence-corrected chi connectivity index (χ0v) is 13.2. The van der Waals surface area contributed by atoms with Crippen molar-refractivity contribution in [2.45, 2.75) is 6.42 Å². The summed E-state index contributed by atoms with van der Waals surface area (Å²) in [5.74, 6) is 0.815. The maximum Gasteiger partial charge on any atom is 0.168 e. The number of hydrogen-bond donors (Lipinski definition) is 0. The number of methoxy groups -OCH3 is 2. The molecule has 0 N–H and O–H groups in total. The lowest BCUT2D eigenvalue weighted by molar-refractivity contribution is 0.0992. The van der Waals surface area contributed by atoms with Gasteiger partial charge in [0.15, 0.2) is 17.3 Å². The van der Waals surface area contributed by atoms with Crippen LogP contribution in [0.25, 0.3) is 0 Å². The zero-order valence-electron chi connectivity index (χ0n) is 11.7. The molecule has 0 unspecified atom stereocenters. The Morgan fingerprint density at radius 1 is 1.00 bits per heavy atom. The monoisotopic (exact) mass is 324 g/mol. The molecule has 0 radical (unpaired) electrons. The number of carbonyl (C=O) groups is 1. The maximum absolute atomic E-state index is 12.4. The predicted octanol–water partition coefficient (Wildman–Crippen LogP) is 4.44. The summed E-state index contributed by atoms with van der Waals surface area (Å²) in [7, 11) is 3.02. The summed E-state index contributed by atoms with van der Waals surface area (Å²) < 4.78 is 10.3. The molecule has 0 saturated carbocycles. The van der Waals surface area contributed by atoms with Gasteiger partial charge in [-0.05, 0) is 17.7 Å². The van der Waals surface area contributed by atoms with Crippen LogP contribution in [0.15, 0.2) is 36.4 Å². The molecule has 2 aromatic rings. The van der Waals surface area contributed by atoms with Gasteiger partial charge in [0.1, 0.15) is 0 Å². The Kier molecular flexibility index (Phi) is 5.10. The van der Waals surface area contributed by atoms with Gasteiger partial charge in [0.25, 0.3) is 0 Å². The van der Waals surface area contributed by atoms with Crippen molar-refractivity contribution < 1.29 is 14.3 Å². The van der Waals surface area contributed by atoms with E-state index in [-0.39, 0.29) is 12.2 Å². The van der Waals surface area contributed by atoms with Crippen molar-refractivity contribution in [3.05, 3.63) is 57.6 Å².